The number of fused-ring (bicyclic) bond motifs is 1. The van der Waals surface area contributed by atoms with Gasteiger partial charge in [-0.15, -0.1) is 0 Å². The predicted octanol–water partition coefficient (Wildman–Crippen LogP) is 3.31. The molecule has 2 atom stereocenters. The molecule has 0 saturated heterocycles. The Morgan fingerprint density at radius 2 is 2.16 bits per heavy atom. The molecule has 0 aliphatic carbocycles. The van der Waals surface area contributed by atoms with Gasteiger partial charge in [-0.1, -0.05) is 31.5 Å². The van der Waals surface area contributed by atoms with Crippen LogP contribution in [0, 0.1) is 0 Å². The Hall–Kier alpha value is -1.45. The number of hydrogen-bond acceptors (Lipinski definition) is 3. The standard InChI is InChI=1S/C16H22N2O/c1-4-6-15(19-3)16(17-2)13-8-5-7-12-9-10-18-11-14(12)13/h5,7-11,15-17H,4,6H2,1-3H3. The Morgan fingerprint density at radius 1 is 1.32 bits per heavy atom. The molecule has 2 aromatic rings. The minimum absolute atomic E-state index is 0.181. The van der Waals surface area contributed by atoms with E-state index in [0.29, 0.717) is 0 Å². The number of benzene rings is 1. The second kappa shape index (κ2) is 6.64. The molecule has 3 nitrogen and oxygen atoms in total. The largest absolute Gasteiger partial charge is 0.379 e. The van der Waals surface area contributed by atoms with Crippen LogP contribution in [0.2, 0.25) is 0 Å². The third-order valence-electron chi connectivity index (χ3n) is 3.61. The van der Waals surface area contributed by atoms with Crippen molar-refractivity contribution in [3.8, 4) is 0 Å². The molecule has 19 heavy (non-hydrogen) atoms. The summed E-state index contributed by atoms with van der Waals surface area (Å²) in [6.45, 7) is 2.18. The Balaban J connectivity index is 2.45. The average molecular weight is 258 g/mol. The van der Waals surface area contributed by atoms with E-state index in [9.17, 15) is 0 Å². The maximum absolute atomic E-state index is 5.66. The number of pyridine rings is 1. The molecule has 1 aromatic heterocycles. The van der Waals surface area contributed by atoms with E-state index in [-0.39, 0.29) is 12.1 Å². The lowest BCUT2D eigenvalue weighted by molar-refractivity contribution is 0.0634. The van der Waals surface area contributed by atoms with Crippen LogP contribution in [-0.4, -0.2) is 25.2 Å². The van der Waals surface area contributed by atoms with Crippen LogP contribution in [0.15, 0.2) is 36.7 Å². The van der Waals surface area contributed by atoms with Gasteiger partial charge in [0.2, 0.25) is 0 Å². The fourth-order valence-corrected chi connectivity index (χ4v) is 2.65. The van der Waals surface area contributed by atoms with Crippen molar-refractivity contribution in [1.82, 2.24) is 10.3 Å². The smallest absolute Gasteiger partial charge is 0.0766 e. The van der Waals surface area contributed by atoms with Crippen molar-refractivity contribution in [3.63, 3.8) is 0 Å². The molecule has 1 heterocycles. The third kappa shape index (κ3) is 2.94. The van der Waals surface area contributed by atoms with Crippen LogP contribution < -0.4 is 5.32 Å². The molecule has 0 spiro atoms. The molecule has 0 saturated carbocycles. The van der Waals surface area contributed by atoms with Crippen LogP contribution in [-0.2, 0) is 4.74 Å². The average Bonchev–Trinajstić information content (AvgIpc) is 2.47. The Bertz CT molecular complexity index is 522. The van der Waals surface area contributed by atoms with E-state index in [2.05, 4.69) is 35.4 Å². The topological polar surface area (TPSA) is 34.1 Å². The van der Waals surface area contributed by atoms with Crippen LogP contribution in [0.4, 0.5) is 0 Å². The molecule has 0 amide bonds. The molecule has 0 bridgehead atoms. The molecular weight excluding hydrogens is 236 g/mol. The summed E-state index contributed by atoms with van der Waals surface area (Å²) in [6.07, 6.45) is 6.10. The first-order chi connectivity index (χ1) is 9.31. The lowest BCUT2D eigenvalue weighted by Crippen LogP contribution is -2.31. The maximum atomic E-state index is 5.66. The monoisotopic (exact) mass is 258 g/mol. The summed E-state index contributed by atoms with van der Waals surface area (Å²) in [5.74, 6) is 0. The molecule has 0 radical (unpaired) electrons. The van der Waals surface area contributed by atoms with E-state index >= 15 is 0 Å². The third-order valence-corrected chi connectivity index (χ3v) is 3.61. The molecule has 2 unspecified atom stereocenters. The van der Waals surface area contributed by atoms with Gasteiger partial charge in [0.1, 0.15) is 0 Å². The summed E-state index contributed by atoms with van der Waals surface area (Å²) in [6, 6.07) is 8.62. The van der Waals surface area contributed by atoms with Gasteiger partial charge in [0.15, 0.2) is 0 Å². The first-order valence-electron chi connectivity index (χ1n) is 6.84. The molecule has 2 rings (SSSR count). The number of nitrogens with zero attached hydrogens (tertiary/aromatic N) is 1. The highest BCUT2D eigenvalue weighted by Crippen LogP contribution is 2.28. The van der Waals surface area contributed by atoms with E-state index < -0.39 is 0 Å². The van der Waals surface area contributed by atoms with Crippen LogP contribution in [0.1, 0.15) is 31.4 Å². The zero-order valence-corrected chi connectivity index (χ0v) is 11.9. The van der Waals surface area contributed by atoms with Crippen LogP contribution in [0.5, 0.6) is 0 Å². The van der Waals surface area contributed by atoms with Crippen molar-refractivity contribution in [2.75, 3.05) is 14.2 Å². The summed E-state index contributed by atoms with van der Waals surface area (Å²) >= 11 is 0. The van der Waals surface area contributed by atoms with Gasteiger partial charge in [0, 0.05) is 24.9 Å². The van der Waals surface area contributed by atoms with Crippen molar-refractivity contribution in [3.05, 3.63) is 42.2 Å². The summed E-state index contributed by atoms with van der Waals surface area (Å²) in [7, 11) is 3.77. The van der Waals surface area contributed by atoms with Crippen molar-refractivity contribution in [2.45, 2.75) is 31.9 Å². The van der Waals surface area contributed by atoms with Crippen molar-refractivity contribution in [2.24, 2.45) is 0 Å². The van der Waals surface area contributed by atoms with Gasteiger partial charge in [0.25, 0.3) is 0 Å². The van der Waals surface area contributed by atoms with Crippen LogP contribution >= 0.6 is 0 Å². The Morgan fingerprint density at radius 3 is 2.84 bits per heavy atom. The highest BCUT2D eigenvalue weighted by molar-refractivity contribution is 5.85. The number of nitrogens with one attached hydrogen (secondary N) is 1. The number of rotatable bonds is 6. The number of likely N-dealkylation sites (N-methyl/N-ethyl adjacent to an activating group) is 1. The lowest BCUT2D eigenvalue weighted by Gasteiger charge is -2.27. The molecule has 0 fully saturated rings. The molecular formula is C16H22N2O. The van der Waals surface area contributed by atoms with Crippen LogP contribution in [0.3, 0.4) is 0 Å². The zero-order chi connectivity index (χ0) is 13.7. The van der Waals surface area contributed by atoms with Gasteiger partial charge in [-0.3, -0.25) is 4.98 Å². The van der Waals surface area contributed by atoms with Gasteiger partial charge in [-0.25, -0.2) is 0 Å². The number of methoxy groups -OCH3 is 1. The van der Waals surface area contributed by atoms with Crippen molar-refractivity contribution < 1.29 is 4.74 Å². The second-order valence-electron chi connectivity index (χ2n) is 4.77. The second-order valence-corrected chi connectivity index (χ2v) is 4.77. The quantitative estimate of drug-likeness (QED) is 0.863. The molecule has 1 aromatic carbocycles. The predicted molar refractivity (Wildman–Crippen MR) is 79.2 cm³/mol. The molecule has 1 N–H and O–H groups in total. The summed E-state index contributed by atoms with van der Waals surface area (Å²) < 4.78 is 5.66. The van der Waals surface area contributed by atoms with Crippen molar-refractivity contribution in [1.29, 1.82) is 0 Å². The summed E-state index contributed by atoms with van der Waals surface area (Å²) in [4.78, 5) is 4.25. The van der Waals surface area contributed by atoms with Gasteiger partial charge >= 0.3 is 0 Å². The summed E-state index contributed by atoms with van der Waals surface area (Å²) in [5.41, 5.74) is 1.26. The zero-order valence-electron chi connectivity index (χ0n) is 11.9. The van der Waals surface area contributed by atoms with Crippen LogP contribution in [0.25, 0.3) is 10.8 Å². The first kappa shape index (κ1) is 14.0. The summed E-state index contributed by atoms with van der Waals surface area (Å²) in [5, 5.41) is 5.81. The van der Waals surface area contributed by atoms with E-state index in [1.165, 1.54) is 16.3 Å². The number of aromatic nitrogens is 1. The van der Waals surface area contributed by atoms with Gasteiger partial charge in [-0.2, -0.15) is 0 Å². The van der Waals surface area contributed by atoms with E-state index in [4.69, 9.17) is 4.74 Å². The Labute approximate surface area is 115 Å². The molecule has 102 valence electrons. The SMILES string of the molecule is CCCC(OC)C(NC)c1cccc2ccncc12. The number of hydrogen-bond donors (Lipinski definition) is 1. The van der Waals surface area contributed by atoms with Gasteiger partial charge in [0.05, 0.1) is 12.1 Å². The minimum Gasteiger partial charge on any atom is -0.379 e. The fourth-order valence-electron chi connectivity index (χ4n) is 2.65. The van der Waals surface area contributed by atoms with E-state index in [0.717, 1.165) is 12.8 Å². The highest BCUT2D eigenvalue weighted by atomic mass is 16.5. The van der Waals surface area contributed by atoms with E-state index in [1.807, 2.05) is 25.5 Å². The van der Waals surface area contributed by atoms with Crippen molar-refractivity contribution >= 4 is 10.8 Å². The van der Waals surface area contributed by atoms with Gasteiger partial charge in [-0.05, 0) is 30.5 Å². The Kier molecular flexibility index (Phi) is 4.88. The maximum Gasteiger partial charge on any atom is 0.0766 e. The van der Waals surface area contributed by atoms with Gasteiger partial charge < -0.3 is 10.1 Å². The highest BCUT2D eigenvalue weighted by Gasteiger charge is 2.22. The fraction of sp³-hybridized carbons (Fsp3) is 0.438. The minimum atomic E-state index is 0.181. The molecule has 0 aliphatic rings. The molecule has 3 heteroatoms. The number of ether oxygens (including phenoxy) is 1. The van der Waals surface area contributed by atoms with E-state index in [1.54, 1.807) is 7.11 Å². The first-order valence-corrected chi connectivity index (χ1v) is 6.84. The lowest BCUT2D eigenvalue weighted by atomic mass is 9.94. The normalized spacial score (nSPS) is 14.5. The molecule has 0 aliphatic heterocycles.